The van der Waals surface area contributed by atoms with Gasteiger partial charge >= 0.3 is 11.9 Å². The van der Waals surface area contributed by atoms with Crippen LogP contribution in [0.15, 0.2) is 146 Å². The normalized spacial score (nSPS) is 15.1. The van der Waals surface area contributed by atoms with E-state index in [1.165, 1.54) is 24.3 Å². The number of rotatable bonds is 17. The molecule has 0 bridgehead atoms. The predicted molar refractivity (Wildman–Crippen MR) is 233 cm³/mol. The lowest BCUT2D eigenvalue weighted by Crippen LogP contribution is -2.57. The lowest BCUT2D eigenvalue weighted by molar-refractivity contribution is -0.144. The van der Waals surface area contributed by atoms with Gasteiger partial charge in [-0.2, -0.15) is 0 Å². The van der Waals surface area contributed by atoms with Gasteiger partial charge in [-0.3, -0.25) is 43.4 Å². The molecule has 13 heteroatoms. The fourth-order valence-electron chi connectivity index (χ4n) is 8.65. The number of aliphatic carboxylic acids is 2. The molecule has 8 rings (SSSR count). The number of carbonyl (C=O) groups is 8. The minimum absolute atomic E-state index is 0.0219. The van der Waals surface area contributed by atoms with Crippen LogP contribution in [0.4, 0.5) is 0 Å². The molecule has 0 spiro atoms. The third-order valence-electron chi connectivity index (χ3n) is 11.8. The second kappa shape index (κ2) is 18.1. The van der Waals surface area contributed by atoms with E-state index < -0.39 is 77.7 Å². The Morgan fingerprint density at radius 3 is 1.16 bits per heavy atom. The maximum Gasteiger partial charge on any atom is 0.326 e. The fourth-order valence-corrected chi connectivity index (χ4v) is 8.65. The first-order valence-corrected chi connectivity index (χ1v) is 20.7. The van der Waals surface area contributed by atoms with Gasteiger partial charge in [0, 0.05) is 58.7 Å². The second-order valence-electron chi connectivity index (χ2n) is 15.9. The molecule has 320 valence electrons. The molecule has 6 aromatic carbocycles. The number of nitrogens with zero attached hydrogens (tertiary/aromatic N) is 2. The summed E-state index contributed by atoms with van der Waals surface area (Å²) in [6.07, 6.45) is -0.771. The first-order chi connectivity index (χ1) is 30.9. The van der Waals surface area contributed by atoms with Crippen LogP contribution >= 0.6 is 0 Å². The number of benzene rings is 6. The van der Waals surface area contributed by atoms with Crippen molar-refractivity contribution in [1.29, 1.82) is 0 Å². The second-order valence-corrected chi connectivity index (χ2v) is 15.9. The molecule has 0 saturated carbocycles. The lowest BCUT2D eigenvalue weighted by atomic mass is 9.83. The number of ketones is 1. The Labute approximate surface area is 366 Å². The zero-order chi connectivity index (χ0) is 45.1. The summed E-state index contributed by atoms with van der Waals surface area (Å²) in [5.41, 5.74) is 2.28. The zero-order valence-corrected chi connectivity index (χ0v) is 34.3. The van der Waals surface area contributed by atoms with Crippen LogP contribution in [0.5, 0.6) is 0 Å². The average Bonchev–Trinajstić information content (AvgIpc) is 3.30. The van der Waals surface area contributed by atoms with Gasteiger partial charge in [-0.05, 0) is 52.9 Å². The number of nitrogens with one attached hydrogen (secondary N) is 1. The van der Waals surface area contributed by atoms with Gasteiger partial charge in [-0.15, -0.1) is 0 Å². The standard InChI is InChI=1S/C51H41N3O10/c55-42(29-34(50(61)62)25-30-13-5-1-6-14-30)40(27-32-17-9-3-10-18-32)53-46(57)35-21-23-37-44-38(24-22-36(43(35)44)47(53)58)49(60)54(48(37)59)41(28-33-19-11-4-12-20-33)45(56)52-39(51(63)64)26-31-15-7-2-8-16-31/h1-24,34,39-41H,25-29H2,(H,52,56)(H,61,62)(H,63,64). The van der Waals surface area contributed by atoms with Crippen molar-refractivity contribution in [3.8, 4) is 0 Å². The highest BCUT2D eigenvalue weighted by Gasteiger charge is 2.46. The number of hydrogen-bond acceptors (Lipinski definition) is 8. The Bertz CT molecular complexity index is 2570. The van der Waals surface area contributed by atoms with E-state index in [0.717, 1.165) is 9.80 Å². The molecule has 2 aliphatic rings. The van der Waals surface area contributed by atoms with Gasteiger partial charge in [-0.25, -0.2) is 4.79 Å². The molecule has 5 amide bonds. The summed E-state index contributed by atoms with van der Waals surface area (Å²) in [6, 6.07) is 35.8. The topological polar surface area (TPSA) is 196 Å². The van der Waals surface area contributed by atoms with Crippen molar-refractivity contribution in [3.05, 3.63) is 190 Å². The van der Waals surface area contributed by atoms with Gasteiger partial charge in [0.05, 0.1) is 5.92 Å². The van der Waals surface area contributed by atoms with Crippen LogP contribution in [0.25, 0.3) is 10.8 Å². The molecule has 0 aromatic heterocycles. The number of carbonyl (C=O) groups excluding carboxylic acids is 6. The van der Waals surface area contributed by atoms with Crippen LogP contribution in [-0.2, 0) is 44.9 Å². The number of imide groups is 2. The predicted octanol–water partition coefficient (Wildman–Crippen LogP) is 5.97. The van der Waals surface area contributed by atoms with Crippen molar-refractivity contribution in [2.45, 2.75) is 50.2 Å². The molecule has 64 heavy (non-hydrogen) atoms. The van der Waals surface area contributed by atoms with Gasteiger partial charge in [0.1, 0.15) is 18.1 Å². The highest BCUT2D eigenvalue weighted by Crippen LogP contribution is 2.40. The molecule has 13 nitrogen and oxygen atoms in total. The Morgan fingerprint density at radius 2 is 0.781 bits per heavy atom. The van der Waals surface area contributed by atoms with Crippen molar-refractivity contribution in [1.82, 2.24) is 15.1 Å². The monoisotopic (exact) mass is 855 g/mol. The highest BCUT2D eigenvalue weighted by molar-refractivity contribution is 6.34. The van der Waals surface area contributed by atoms with E-state index in [2.05, 4.69) is 5.32 Å². The molecule has 0 fully saturated rings. The molecule has 3 N–H and O–H groups in total. The first-order valence-electron chi connectivity index (χ1n) is 20.7. The van der Waals surface area contributed by atoms with Gasteiger partial charge in [0.15, 0.2) is 5.78 Å². The Kier molecular flexibility index (Phi) is 12.1. The average molecular weight is 856 g/mol. The Hall–Kier alpha value is -8.06. The minimum Gasteiger partial charge on any atom is -0.481 e. The molecule has 2 aliphatic heterocycles. The van der Waals surface area contributed by atoms with Crippen molar-refractivity contribution in [2.75, 3.05) is 0 Å². The van der Waals surface area contributed by atoms with E-state index in [1.54, 1.807) is 121 Å². The quantitative estimate of drug-likeness (QED) is 0.0921. The van der Waals surface area contributed by atoms with E-state index >= 15 is 0 Å². The number of hydrogen-bond donors (Lipinski definition) is 3. The first kappa shape index (κ1) is 42.6. The number of amides is 5. The van der Waals surface area contributed by atoms with Crippen LogP contribution in [0.3, 0.4) is 0 Å². The highest BCUT2D eigenvalue weighted by atomic mass is 16.4. The van der Waals surface area contributed by atoms with Gasteiger partial charge in [0.25, 0.3) is 23.6 Å². The summed E-state index contributed by atoms with van der Waals surface area (Å²) in [5.74, 6) is -8.74. The summed E-state index contributed by atoms with van der Waals surface area (Å²) >= 11 is 0. The van der Waals surface area contributed by atoms with Crippen LogP contribution < -0.4 is 5.32 Å². The summed E-state index contributed by atoms with van der Waals surface area (Å²) < 4.78 is 0. The zero-order valence-electron chi connectivity index (χ0n) is 34.3. The van der Waals surface area contributed by atoms with Crippen LogP contribution in [0.2, 0.25) is 0 Å². The molecular formula is C51H41N3O10. The maximum absolute atomic E-state index is 14.7. The van der Waals surface area contributed by atoms with E-state index in [0.29, 0.717) is 22.3 Å². The Balaban J connectivity index is 1.15. The summed E-state index contributed by atoms with van der Waals surface area (Å²) in [6.45, 7) is 0. The summed E-state index contributed by atoms with van der Waals surface area (Å²) in [7, 11) is 0. The van der Waals surface area contributed by atoms with Crippen molar-refractivity contribution in [3.63, 3.8) is 0 Å². The van der Waals surface area contributed by atoms with Crippen molar-refractivity contribution in [2.24, 2.45) is 5.92 Å². The Morgan fingerprint density at radius 1 is 0.438 bits per heavy atom. The lowest BCUT2D eigenvalue weighted by Gasteiger charge is -2.37. The summed E-state index contributed by atoms with van der Waals surface area (Å²) in [4.78, 5) is 114. The minimum atomic E-state index is -1.52. The fraction of sp³-hybridized carbons (Fsp3) is 0.176. The third-order valence-corrected chi connectivity index (χ3v) is 11.8. The smallest absolute Gasteiger partial charge is 0.326 e. The van der Waals surface area contributed by atoms with E-state index in [1.807, 2.05) is 0 Å². The third kappa shape index (κ3) is 8.43. The van der Waals surface area contributed by atoms with Gasteiger partial charge in [-0.1, -0.05) is 121 Å². The van der Waals surface area contributed by atoms with Crippen molar-refractivity contribution >= 4 is 58.0 Å². The van der Waals surface area contributed by atoms with E-state index in [-0.39, 0.29) is 58.7 Å². The molecule has 4 unspecified atom stereocenters. The largest absolute Gasteiger partial charge is 0.481 e. The van der Waals surface area contributed by atoms with Crippen LogP contribution in [0.1, 0.15) is 70.1 Å². The molecule has 0 saturated heterocycles. The number of carboxylic acids is 2. The molecule has 2 heterocycles. The van der Waals surface area contributed by atoms with Crippen LogP contribution in [0, 0.1) is 5.92 Å². The molecular weight excluding hydrogens is 815 g/mol. The molecule has 0 radical (unpaired) electrons. The molecule has 4 atom stereocenters. The van der Waals surface area contributed by atoms with Gasteiger partial charge in [0.2, 0.25) is 5.91 Å². The molecule has 0 aliphatic carbocycles. The number of Topliss-reactive ketones (excluding diaryl/α,β-unsaturated/α-hetero) is 1. The van der Waals surface area contributed by atoms with Crippen molar-refractivity contribution < 1.29 is 48.6 Å². The SMILES string of the molecule is O=C(O)C(CC(=O)C(Cc1ccccc1)N1C(=O)c2ccc3c4c(ccc(c24)C1=O)C(=O)N(C(Cc1ccccc1)C(=O)NC(Cc1ccccc1)C(=O)O)C3=O)Cc1ccccc1. The maximum atomic E-state index is 14.7. The molecule has 6 aromatic rings. The van der Waals surface area contributed by atoms with Gasteiger partial charge < -0.3 is 15.5 Å². The number of carboxylic acid groups (broad SMARTS) is 2. The van der Waals surface area contributed by atoms with E-state index in [9.17, 15) is 48.6 Å². The van der Waals surface area contributed by atoms with Crippen LogP contribution in [-0.4, -0.2) is 85.4 Å². The summed E-state index contributed by atoms with van der Waals surface area (Å²) in [5, 5.41) is 22.9. The van der Waals surface area contributed by atoms with E-state index in [4.69, 9.17) is 0 Å².